The molecule has 0 bridgehead atoms. The van der Waals surface area contributed by atoms with Gasteiger partial charge in [0.1, 0.15) is 0 Å². The predicted molar refractivity (Wildman–Crippen MR) is 79.2 cm³/mol. The molecule has 1 aromatic heterocycles. The Labute approximate surface area is 127 Å². The van der Waals surface area contributed by atoms with E-state index in [-0.39, 0.29) is 13.0 Å². The van der Waals surface area contributed by atoms with Crippen LogP contribution in [0.4, 0.5) is 0 Å². The minimum absolute atomic E-state index is 0.0874. The first kappa shape index (κ1) is 17.3. The third-order valence-electron chi connectivity index (χ3n) is 2.64. The lowest BCUT2D eigenvalue weighted by Crippen LogP contribution is -2.07. The summed E-state index contributed by atoms with van der Waals surface area (Å²) in [6, 6.07) is 0. The summed E-state index contributed by atoms with van der Waals surface area (Å²) in [5.74, 6) is -0.828. The summed E-state index contributed by atoms with van der Waals surface area (Å²) in [6.07, 6.45) is 2.10. The van der Waals surface area contributed by atoms with Gasteiger partial charge in [-0.15, -0.1) is 11.3 Å². The van der Waals surface area contributed by atoms with Crippen molar-refractivity contribution in [3.8, 4) is 0 Å². The Bertz CT molecular complexity index is 629. The zero-order valence-corrected chi connectivity index (χ0v) is 13.7. The topological polar surface area (TPSA) is 85.6 Å². The molecule has 0 unspecified atom stereocenters. The van der Waals surface area contributed by atoms with E-state index in [1.165, 1.54) is 11.3 Å². The molecule has 0 aromatic carbocycles. The van der Waals surface area contributed by atoms with Crippen molar-refractivity contribution in [1.82, 2.24) is 4.57 Å². The number of thiazole rings is 1. The maximum atomic E-state index is 10.9. The third-order valence-corrected chi connectivity index (χ3v) is 4.84. The van der Waals surface area contributed by atoms with Gasteiger partial charge in [0.15, 0.2) is 3.95 Å². The molecule has 0 saturated heterocycles. The van der Waals surface area contributed by atoms with Crippen LogP contribution in [0.5, 0.6) is 0 Å². The second kappa shape index (κ2) is 7.30. The molecule has 0 aliphatic heterocycles. The molecule has 0 fully saturated rings. The lowest BCUT2D eigenvalue weighted by molar-refractivity contribution is -0.137. The lowest BCUT2D eigenvalue weighted by Gasteiger charge is -2.05. The van der Waals surface area contributed by atoms with Crippen LogP contribution in [0.3, 0.4) is 0 Å². The van der Waals surface area contributed by atoms with E-state index < -0.39 is 16.1 Å². The first-order chi connectivity index (χ1) is 9.20. The summed E-state index contributed by atoms with van der Waals surface area (Å²) in [7, 11) is -3.43. The number of carboxylic acid groups (broad SMARTS) is 1. The highest BCUT2D eigenvalue weighted by molar-refractivity contribution is 7.85. The number of aromatic nitrogens is 1. The van der Waals surface area contributed by atoms with E-state index in [2.05, 4.69) is 0 Å². The van der Waals surface area contributed by atoms with Crippen LogP contribution in [0.15, 0.2) is 0 Å². The molecule has 20 heavy (non-hydrogen) atoms. The van der Waals surface area contributed by atoms with Gasteiger partial charge in [0.2, 0.25) is 0 Å². The smallest absolute Gasteiger partial charge is 0.303 e. The first-order valence-corrected chi connectivity index (χ1v) is 9.00. The molecule has 1 heterocycles. The average molecular weight is 339 g/mol. The maximum absolute atomic E-state index is 10.9. The second-order valence-electron chi connectivity index (χ2n) is 4.30. The van der Waals surface area contributed by atoms with Crippen LogP contribution in [0, 0.1) is 10.9 Å². The summed E-state index contributed by atoms with van der Waals surface area (Å²) in [5, 5.41) is 8.62. The quantitative estimate of drug-likeness (QED) is 0.576. The highest BCUT2D eigenvalue weighted by Gasteiger charge is 2.10. The van der Waals surface area contributed by atoms with E-state index in [0.29, 0.717) is 23.3 Å². The van der Waals surface area contributed by atoms with Crippen LogP contribution >= 0.6 is 23.6 Å². The van der Waals surface area contributed by atoms with Gasteiger partial charge in [-0.2, -0.15) is 8.42 Å². The van der Waals surface area contributed by atoms with Gasteiger partial charge in [-0.25, -0.2) is 0 Å². The molecule has 0 aliphatic rings. The molecule has 1 rings (SSSR count). The Kier molecular flexibility index (Phi) is 6.31. The summed E-state index contributed by atoms with van der Waals surface area (Å²) >= 11 is 6.64. The molecular weight excluding hydrogens is 322 g/mol. The zero-order chi connectivity index (χ0) is 15.3. The van der Waals surface area contributed by atoms with Crippen molar-refractivity contribution in [2.45, 2.75) is 32.7 Å². The zero-order valence-electron chi connectivity index (χ0n) is 11.3. The van der Waals surface area contributed by atoms with Gasteiger partial charge < -0.3 is 9.67 Å². The maximum Gasteiger partial charge on any atom is 0.303 e. The fourth-order valence-electron chi connectivity index (χ4n) is 1.69. The van der Waals surface area contributed by atoms with Crippen molar-refractivity contribution in [3.05, 3.63) is 14.5 Å². The Balaban J connectivity index is 2.66. The second-order valence-corrected chi connectivity index (χ2v) is 7.67. The van der Waals surface area contributed by atoms with Gasteiger partial charge in [-0.05, 0) is 25.6 Å². The SMILES string of the molecule is Cc1c(CCOS(C)(=O)=O)sc(=S)n1CCCC(=O)O. The summed E-state index contributed by atoms with van der Waals surface area (Å²) in [4.78, 5) is 11.5. The molecular formula is C11H17NO5S3. The number of carbonyl (C=O) groups is 1. The van der Waals surface area contributed by atoms with E-state index in [1.54, 1.807) is 0 Å². The average Bonchev–Trinajstić information content (AvgIpc) is 2.54. The van der Waals surface area contributed by atoms with Gasteiger partial charge in [0.25, 0.3) is 10.1 Å². The molecule has 0 amide bonds. The van der Waals surface area contributed by atoms with E-state index in [1.807, 2.05) is 11.5 Å². The number of nitrogens with zero attached hydrogens (tertiary/aromatic N) is 1. The number of hydrogen-bond acceptors (Lipinski definition) is 6. The van der Waals surface area contributed by atoms with Gasteiger partial charge in [-0.1, -0.05) is 0 Å². The fraction of sp³-hybridized carbons (Fsp3) is 0.636. The van der Waals surface area contributed by atoms with Crippen LogP contribution in [-0.2, 0) is 32.1 Å². The highest BCUT2D eigenvalue weighted by Crippen LogP contribution is 2.20. The molecule has 1 N–H and O–H groups in total. The standard InChI is InChI=1S/C11H17NO5S3/c1-8-9(5-7-17-20(2,15)16)19-11(18)12(8)6-3-4-10(13)14/h3-7H2,1-2H3,(H,13,14). The van der Waals surface area contributed by atoms with Crippen LogP contribution in [0.2, 0.25) is 0 Å². The molecule has 1 aromatic rings. The Morgan fingerprint density at radius 3 is 2.70 bits per heavy atom. The van der Waals surface area contributed by atoms with Gasteiger partial charge in [0, 0.05) is 30.0 Å². The summed E-state index contributed by atoms with van der Waals surface area (Å²) in [6.45, 7) is 2.54. The van der Waals surface area contributed by atoms with E-state index in [4.69, 9.17) is 21.5 Å². The van der Waals surface area contributed by atoms with Crippen LogP contribution in [0.25, 0.3) is 0 Å². The van der Waals surface area contributed by atoms with Crippen molar-refractivity contribution in [1.29, 1.82) is 0 Å². The third kappa shape index (κ3) is 5.70. The number of hydrogen-bond donors (Lipinski definition) is 1. The van der Waals surface area contributed by atoms with Crippen molar-refractivity contribution < 1.29 is 22.5 Å². The van der Waals surface area contributed by atoms with E-state index in [9.17, 15) is 13.2 Å². The largest absolute Gasteiger partial charge is 0.481 e. The number of carboxylic acids is 1. The predicted octanol–water partition coefficient (Wildman–Crippen LogP) is 1.97. The number of rotatable bonds is 8. The first-order valence-electron chi connectivity index (χ1n) is 5.96. The molecule has 0 atom stereocenters. The van der Waals surface area contributed by atoms with Crippen molar-refractivity contribution in [2.24, 2.45) is 0 Å². The summed E-state index contributed by atoms with van der Waals surface area (Å²) < 4.78 is 29.0. The number of aliphatic carboxylic acids is 1. The van der Waals surface area contributed by atoms with Crippen molar-refractivity contribution in [2.75, 3.05) is 12.9 Å². The minimum atomic E-state index is -3.43. The Morgan fingerprint density at radius 2 is 2.15 bits per heavy atom. The molecule has 114 valence electrons. The Morgan fingerprint density at radius 1 is 1.50 bits per heavy atom. The lowest BCUT2D eigenvalue weighted by atomic mass is 10.3. The van der Waals surface area contributed by atoms with Crippen molar-refractivity contribution >= 4 is 39.6 Å². The van der Waals surface area contributed by atoms with E-state index >= 15 is 0 Å². The molecule has 6 nitrogen and oxygen atoms in total. The van der Waals surface area contributed by atoms with Gasteiger partial charge in [0.05, 0.1) is 12.9 Å². The molecule has 0 aliphatic carbocycles. The van der Waals surface area contributed by atoms with Gasteiger partial charge in [-0.3, -0.25) is 8.98 Å². The summed E-state index contributed by atoms with van der Waals surface area (Å²) in [5.41, 5.74) is 0.947. The Hall–Kier alpha value is -0.770. The monoisotopic (exact) mass is 339 g/mol. The minimum Gasteiger partial charge on any atom is -0.481 e. The molecule has 0 spiro atoms. The highest BCUT2D eigenvalue weighted by atomic mass is 32.2. The normalized spacial score (nSPS) is 11.7. The van der Waals surface area contributed by atoms with Crippen LogP contribution < -0.4 is 0 Å². The molecule has 9 heteroatoms. The van der Waals surface area contributed by atoms with Crippen LogP contribution in [-0.4, -0.2) is 36.9 Å². The van der Waals surface area contributed by atoms with Crippen molar-refractivity contribution in [3.63, 3.8) is 0 Å². The fourth-order valence-corrected chi connectivity index (χ4v) is 3.60. The van der Waals surface area contributed by atoms with Crippen LogP contribution in [0.1, 0.15) is 23.4 Å². The molecule has 0 saturated carbocycles. The molecule has 0 radical (unpaired) electrons. The van der Waals surface area contributed by atoms with Gasteiger partial charge >= 0.3 is 5.97 Å². The van der Waals surface area contributed by atoms with E-state index in [0.717, 1.165) is 16.8 Å².